The molecule has 0 rings (SSSR count). The second-order valence-corrected chi connectivity index (χ2v) is 3.54. The van der Waals surface area contributed by atoms with Gasteiger partial charge in [0.1, 0.15) is 6.04 Å². The molecule has 0 aliphatic carbocycles. The van der Waals surface area contributed by atoms with Crippen molar-refractivity contribution < 1.29 is 27.9 Å². The molecule has 100 valence electrons. The summed E-state index contributed by atoms with van der Waals surface area (Å²) in [5.41, 5.74) is 0. The second kappa shape index (κ2) is 6.31. The molecule has 0 spiro atoms. The van der Waals surface area contributed by atoms with Crippen LogP contribution >= 0.6 is 0 Å². The van der Waals surface area contributed by atoms with Crippen molar-refractivity contribution in [2.24, 2.45) is 0 Å². The molecule has 2 N–H and O–H groups in total. The van der Waals surface area contributed by atoms with E-state index in [-0.39, 0.29) is 6.42 Å². The third kappa shape index (κ3) is 6.64. The molecule has 0 bridgehead atoms. The normalized spacial score (nSPS) is 13.0. The van der Waals surface area contributed by atoms with Crippen LogP contribution in [0.1, 0.15) is 19.8 Å². The lowest BCUT2D eigenvalue weighted by molar-refractivity contribution is -0.140. The number of carbonyl (C=O) groups excluding carboxylic acids is 1. The molecule has 0 saturated carbocycles. The fourth-order valence-electron chi connectivity index (χ4n) is 0.994. The number of amides is 2. The number of nitrogens with one attached hydrogen (secondary N) is 1. The van der Waals surface area contributed by atoms with Crippen LogP contribution in [-0.4, -0.2) is 47.8 Å². The Morgan fingerprint density at radius 3 is 2.29 bits per heavy atom. The van der Waals surface area contributed by atoms with Crippen LogP contribution in [0.25, 0.3) is 0 Å². The van der Waals surface area contributed by atoms with Crippen molar-refractivity contribution in [1.29, 1.82) is 0 Å². The van der Waals surface area contributed by atoms with Crippen molar-refractivity contribution in [2.75, 3.05) is 13.6 Å². The van der Waals surface area contributed by atoms with E-state index < -0.39 is 37.2 Å². The Kier molecular flexibility index (Phi) is 5.77. The molecule has 8 heteroatoms. The monoisotopic (exact) mass is 256 g/mol. The molecule has 0 saturated heterocycles. The third-order valence-corrected chi connectivity index (χ3v) is 2.08. The first-order valence-electron chi connectivity index (χ1n) is 4.98. The lowest BCUT2D eigenvalue weighted by Gasteiger charge is -2.21. The van der Waals surface area contributed by atoms with Crippen molar-refractivity contribution >= 4 is 12.0 Å². The van der Waals surface area contributed by atoms with Gasteiger partial charge in [0.25, 0.3) is 0 Å². The van der Waals surface area contributed by atoms with Gasteiger partial charge < -0.3 is 15.3 Å². The maximum atomic E-state index is 11.9. The van der Waals surface area contributed by atoms with E-state index in [1.807, 2.05) is 0 Å². The molecule has 17 heavy (non-hydrogen) atoms. The first-order chi connectivity index (χ1) is 7.67. The molecule has 0 heterocycles. The molecule has 0 aromatic rings. The summed E-state index contributed by atoms with van der Waals surface area (Å²) >= 11 is 0. The number of hydrogen-bond donors (Lipinski definition) is 2. The van der Waals surface area contributed by atoms with E-state index in [4.69, 9.17) is 5.11 Å². The van der Waals surface area contributed by atoms with Gasteiger partial charge in [-0.05, 0) is 6.42 Å². The highest BCUT2D eigenvalue weighted by atomic mass is 19.4. The molecular weight excluding hydrogens is 241 g/mol. The zero-order valence-corrected chi connectivity index (χ0v) is 9.54. The molecule has 0 aromatic carbocycles. The van der Waals surface area contributed by atoms with E-state index in [9.17, 15) is 22.8 Å². The van der Waals surface area contributed by atoms with Crippen LogP contribution in [0.2, 0.25) is 0 Å². The van der Waals surface area contributed by atoms with Crippen LogP contribution in [0.5, 0.6) is 0 Å². The Morgan fingerprint density at radius 1 is 1.41 bits per heavy atom. The lowest BCUT2D eigenvalue weighted by Crippen LogP contribution is -2.47. The number of carboxylic acids is 1. The Morgan fingerprint density at radius 2 is 1.94 bits per heavy atom. The molecule has 0 aliphatic rings. The van der Waals surface area contributed by atoms with Gasteiger partial charge in [0.15, 0.2) is 0 Å². The second-order valence-electron chi connectivity index (χ2n) is 3.54. The third-order valence-electron chi connectivity index (χ3n) is 2.08. The number of halogens is 3. The van der Waals surface area contributed by atoms with Crippen molar-refractivity contribution in [2.45, 2.75) is 32.0 Å². The zero-order chi connectivity index (χ0) is 13.6. The van der Waals surface area contributed by atoms with Gasteiger partial charge in [-0.1, -0.05) is 6.92 Å². The first-order valence-corrected chi connectivity index (χ1v) is 4.98. The fraction of sp³-hybridized carbons (Fsp3) is 0.778. The summed E-state index contributed by atoms with van der Waals surface area (Å²) in [4.78, 5) is 22.7. The number of rotatable bonds is 5. The average molecular weight is 256 g/mol. The summed E-state index contributed by atoms with van der Waals surface area (Å²) in [5, 5.41) is 10.8. The summed E-state index contributed by atoms with van der Waals surface area (Å²) in [7, 11) is 1.18. The van der Waals surface area contributed by atoms with Crippen molar-refractivity contribution in [1.82, 2.24) is 10.2 Å². The van der Waals surface area contributed by atoms with Gasteiger partial charge in [0, 0.05) is 13.6 Å². The zero-order valence-electron chi connectivity index (χ0n) is 9.54. The minimum Gasteiger partial charge on any atom is -0.480 e. The predicted molar refractivity (Wildman–Crippen MR) is 53.5 cm³/mol. The number of carbonyl (C=O) groups is 2. The molecule has 1 atom stereocenters. The van der Waals surface area contributed by atoms with Crippen molar-refractivity contribution in [3.8, 4) is 0 Å². The van der Waals surface area contributed by atoms with Crippen LogP contribution in [0.4, 0.5) is 18.0 Å². The Balaban J connectivity index is 4.18. The predicted octanol–water partition coefficient (Wildman–Crippen LogP) is 1.44. The molecule has 0 unspecified atom stereocenters. The quantitative estimate of drug-likeness (QED) is 0.782. The highest BCUT2D eigenvalue weighted by Crippen LogP contribution is 2.19. The summed E-state index contributed by atoms with van der Waals surface area (Å²) in [6.07, 6.45) is -5.31. The Bertz CT molecular complexity index is 281. The largest absolute Gasteiger partial charge is 0.480 e. The van der Waals surface area contributed by atoms with Crippen LogP contribution in [-0.2, 0) is 4.79 Å². The van der Waals surface area contributed by atoms with Crippen LogP contribution in [0, 0.1) is 0 Å². The topological polar surface area (TPSA) is 69.6 Å². The molecule has 0 aromatic heterocycles. The summed E-state index contributed by atoms with van der Waals surface area (Å²) in [6, 6.07) is -1.92. The fourth-order valence-corrected chi connectivity index (χ4v) is 0.994. The van der Waals surface area contributed by atoms with Crippen LogP contribution in [0.15, 0.2) is 0 Å². The van der Waals surface area contributed by atoms with E-state index in [1.165, 1.54) is 7.05 Å². The number of nitrogens with zero attached hydrogens (tertiary/aromatic N) is 1. The molecule has 5 nitrogen and oxygen atoms in total. The van der Waals surface area contributed by atoms with Gasteiger partial charge in [-0.25, -0.2) is 9.59 Å². The highest BCUT2D eigenvalue weighted by molar-refractivity contribution is 5.82. The van der Waals surface area contributed by atoms with Crippen molar-refractivity contribution in [3.63, 3.8) is 0 Å². The van der Waals surface area contributed by atoms with E-state index in [0.29, 0.717) is 0 Å². The van der Waals surface area contributed by atoms with E-state index >= 15 is 0 Å². The number of aliphatic carboxylic acids is 1. The minimum absolute atomic E-state index is 0.161. The van der Waals surface area contributed by atoms with E-state index in [1.54, 1.807) is 6.92 Å². The number of carboxylic acid groups (broad SMARTS) is 1. The summed E-state index contributed by atoms with van der Waals surface area (Å²) in [5.74, 6) is -1.22. The maximum absolute atomic E-state index is 11.9. The molecule has 0 aliphatic heterocycles. The van der Waals surface area contributed by atoms with Gasteiger partial charge in [-0.3, -0.25) is 0 Å². The lowest BCUT2D eigenvalue weighted by atomic mass is 10.2. The van der Waals surface area contributed by atoms with Gasteiger partial charge in [0.05, 0.1) is 6.42 Å². The van der Waals surface area contributed by atoms with Gasteiger partial charge in [-0.2, -0.15) is 13.2 Å². The number of urea groups is 1. The van der Waals surface area contributed by atoms with Gasteiger partial charge in [0.2, 0.25) is 0 Å². The first kappa shape index (κ1) is 15.5. The minimum atomic E-state index is -4.34. The summed E-state index contributed by atoms with van der Waals surface area (Å²) < 4.78 is 35.7. The highest BCUT2D eigenvalue weighted by Gasteiger charge is 2.28. The van der Waals surface area contributed by atoms with Crippen LogP contribution < -0.4 is 5.32 Å². The Hall–Kier alpha value is -1.47. The number of hydrogen-bond acceptors (Lipinski definition) is 2. The summed E-state index contributed by atoms with van der Waals surface area (Å²) in [6.45, 7) is 1.04. The van der Waals surface area contributed by atoms with E-state index in [0.717, 1.165) is 4.90 Å². The van der Waals surface area contributed by atoms with Crippen LogP contribution in [0.3, 0.4) is 0 Å². The van der Waals surface area contributed by atoms with E-state index in [2.05, 4.69) is 5.32 Å². The Labute approximate surface area is 96.6 Å². The standard InChI is InChI=1S/C9H15F3N2O3/c1-3-6(7(15)16)13-8(17)14(2)5-4-9(10,11)12/h6H,3-5H2,1-2H3,(H,13,17)(H,15,16)/t6-/m0/s1. The maximum Gasteiger partial charge on any atom is 0.390 e. The average Bonchev–Trinajstić information content (AvgIpc) is 2.20. The smallest absolute Gasteiger partial charge is 0.390 e. The molecular formula is C9H15F3N2O3. The SMILES string of the molecule is CC[C@H](NC(=O)N(C)CCC(F)(F)F)C(=O)O. The number of alkyl halides is 3. The molecule has 0 fully saturated rings. The molecule has 2 amide bonds. The molecule has 0 radical (unpaired) electrons. The van der Waals surface area contributed by atoms with Gasteiger partial charge >= 0.3 is 18.2 Å². The van der Waals surface area contributed by atoms with Crippen molar-refractivity contribution in [3.05, 3.63) is 0 Å². The van der Waals surface area contributed by atoms with Gasteiger partial charge in [-0.15, -0.1) is 0 Å².